The Kier molecular flexibility index (Phi) is 3.93. The molecule has 0 aromatic carbocycles. The van der Waals surface area contributed by atoms with E-state index >= 15 is 0 Å². The molecule has 0 radical (unpaired) electrons. The summed E-state index contributed by atoms with van der Waals surface area (Å²) in [4.78, 5) is 4.21. The highest BCUT2D eigenvalue weighted by Crippen LogP contribution is 2.34. The summed E-state index contributed by atoms with van der Waals surface area (Å²) in [6.45, 7) is 11.9. The fraction of sp³-hybridized carbons (Fsp3) is 0.800. The standard InChI is InChI=1S/C15H27N2O/c1-13(14-5-6-14)18-12-11-17(15(2,3)4)9-7-16-8-10-17/h7-9,13-14H,5-6,10-12H2,1-4H3/q+1. The van der Waals surface area contributed by atoms with Crippen LogP contribution in [0.15, 0.2) is 17.4 Å². The summed E-state index contributed by atoms with van der Waals surface area (Å²) in [5.74, 6) is 0.826. The minimum atomic E-state index is 0.190. The van der Waals surface area contributed by atoms with Crippen molar-refractivity contribution in [1.82, 2.24) is 0 Å². The molecule has 1 saturated carbocycles. The molecular weight excluding hydrogens is 224 g/mol. The maximum absolute atomic E-state index is 5.99. The number of ether oxygens (including phenoxy) is 1. The molecule has 0 aromatic heterocycles. The first-order valence-corrected chi connectivity index (χ1v) is 7.12. The molecule has 1 heterocycles. The third-order valence-electron chi connectivity index (χ3n) is 4.44. The first-order chi connectivity index (χ1) is 8.45. The van der Waals surface area contributed by atoms with E-state index in [4.69, 9.17) is 4.74 Å². The van der Waals surface area contributed by atoms with E-state index in [2.05, 4.69) is 38.9 Å². The van der Waals surface area contributed by atoms with E-state index in [0.717, 1.165) is 30.1 Å². The van der Waals surface area contributed by atoms with Crippen molar-refractivity contribution in [2.75, 3.05) is 19.7 Å². The van der Waals surface area contributed by atoms with Gasteiger partial charge in [0, 0.05) is 0 Å². The van der Waals surface area contributed by atoms with Gasteiger partial charge in [0.2, 0.25) is 0 Å². The predicted molar refractivity (Wildman–Crippen MR) is 75.5 cm³/mol. The van der Waals surface area contributed by atoms with Crippen molar-refractivity contribution in [3.63, 3.8) is 0 Å². The molecule has 2 unspecified atom stereocenters. The first-order valence-electron chi connectivity index (χ1n) is 7.12. The summed E-state index contributed by atoms with van der Waals surface area (Å²) in [6.07, 6.45) is 9.33. The summed E-state index contributed by atoms with van der Waals surface area (Å²) in [6, 6.07) is 0. The lowest BCUT2D eigenvalue weighted by atomic mass is 10.0. The Morgan fingerprint density at radius 1 is 1.39 bits per heavy atom. The largest absolute Gasteiger partial charge is 0.372 e. The van der Waals surface area contributed by atoms with Crippen LogP contribution in [0.4, 0.5) is 0 Å². The molecule has 0 saturated heterocycles. The quantitative estimate of drug-likeness (QED) is 0.688. The van der Waals surface area contributed by atoms with Crippen LogP contribution < -0.4 is 0 Å². The van der Waals surface area contributed by atoms with Crippen molar-refractivity contribution in [2.45, 2.75) is 52.2 Å². The Morgan fingerprint density at radius 3 is 2.61 bits per heavy atom. The summed E-state index contributed by atoms with van der Waals surface area (Å²) in [7, 11) is 0. The Labute approximate surface area is 111 Å². The predicted octanol–water partition coefficient (Wildman–Crippen LogP) is 2.97. The molecule has 2 rings (SSSR count). The van der Waals surface area contributed by atoms with Gasteiger partial charge in [0.15, 0.2) is 0 Å². The van der Waals surface area contributed by atoms with Crippen molar-refractivity contribution in [3.05, 3.63) is 12.4 Å². The van der Waals surface area contributed by atoms with Crippen LogP contribution in [0.5, 0.6) is 0 Å². The molecule has 2 atom stereocenters. The van der Waals surface area contributed by atoms with Crippen molar-refractivity contribution in [3.8, 4) is 0 Å². The van der Waals surface area contributed by atoms with Crippen LogP contribution in [0.25, 0.3) is 0 Å². The van der Waals surface area contributed by atoms with Crippen LogP contribution in [0.1, 0.15) is 40.5 Å². The fourth-order valence-corrected chi connectivity index (χ4v) is 2.58. The van der Waals surface area contributed by atoms with E-state index < -0.39 is 0 Å². The molecule has 0 aromatic rings. The normalized spacial score (nSPS) is 29.6. The second-order valence-electron chi connectivity index (χ2n) is 6.65. The summed E-state index contributed by atoms with van der Waals surface area (Å²) in [5, 5.41) is 0. The molecule has 1 fully saturated rings. The summed E-state index contributed by atoms with van der Waals surface area (Å²) < 4.78 is 6.93. The highest BCUT2D eigenvalue weighted by molar-refractivity contribution is 5.60. The van der Waals surface area contributed by atoms with Crippen molar-refractivity contribution in [1.29, 1.82) is 0 Å². The molecule has 1 aliphatic heterocycles. The topological polar surface area (TPSA) is 21.6 Å². The summed E-state index contributed by atoms with van der Waals surface area (Å²) >= 11 is 0. The maximum atomic E-state index is 5.99. The lowest BCUT2D eigenvalue weighted by Gasteiger charge is -2.45. The average Bonchev–Trinajstić information content (AvgIpc) is 3.12. The van der Waals surface area contributed by atoms with Gasteiger partial charge in [-0.2, -0.15) is 0 Å². The molecular formula is C15H27N2O+. The SMILES string of the molecule is CC(OCC[N+]1(C(C)(C)C)C=CN=CC1)C1CC1. The van der Waals surface area contributed by atoms with E-state index in [9.17, 15) is 0 Å². The molecule has 0 spiro atoms. The number of hydrogen-bond acceptors (Lipinski definition) is 2. The fourth-order valence-electron chi connectivity index (χ4n) is 2.58. The van der Waals surface area contributed by atoms with Crippen LogP contribution in [-0.2, 0) is 4.74 Å². The first kappa shape index (κ1) is 13.8. The van der Waals surface area contributed by atoms with E-state index in [1.807, 2.05) is 12.4 Å². The lowest BCUT2D eigenvalue weighted by molar-refractivity contribution is -0.917. The van der Waals surface area contributed by atoms with Gasteiger partial charge in [0.1, 0.15) is 19.3 Å². The Balaban J connectivity index is 1.90. The highest BCUT2D eigenvalue weighted by Gasteiger charge is 2.39. The second kappa shape index (κ2) is 5.14. The smallest absolute Gasteiger partial charge is 0.119 e. The summed E-state index contributed by atoms with van der Waals surface area (Å²) in [5.41, 5.74) is 0.190. The van der Waals surface area contributed by atoms with E-state index in [-0.39, 0.29) is 5.54 Å². The van der Waals surface area contributed by atoms with Gasteiger partial charge < -0.3 is 4.74 Å². The van der Waals surface area contributed by atoms with Crippen molar-refractivity contribution in [2.24, 2.45) is 10.9 Å². The van der Waals surface area contributed by atoms with Gasteiger partial charge in [0.25, 0.3) is 0 Å². The van der Waals surface area contributed by atoms with E-state index in [1.165, 1.54) is 12.8 Å². The molecule has 0 bridgehead atoms. The third kappa shape index (κ3) is 3.01. The van der Waals surface area contributed by atoms with E-state index in [1.54, 1.807) is 0 Å². The Hall–Kier alpha value is -0.670. The second-order valence-corrected chi connectivity index (χ2v) is 6.65. The zero-order valence-corrected chi connectivity index (χ0v) is 12.2. The maximum Gasteiger partial charge on any atom is 0.119 e. The lowest BCUT2D eigenvalue weighted by Crippen LogP contribution is -2.59. The number of hydrogen-bond donors (Lipinski definition) is 0. The highest BCUT2D eigenvalue weighted by atomic mass is 16.5. The number of nitrogens with zero attached hydrogens (tertiary/aromatic N) is 2. The van der Waals surface area contributed by atoms with Gasteiger partial charge in [0.05, 0.1) is 30.7 Å². The molecule has 3 heteroatoms. The van der Waals surface area contributed by atoms with Crippen LogP contribution in [0, 0.1) is 5.92 Å². The minimum Gasteiger partial charge on any atom is -0.372 e. The zero-order valence-electron chi connectivity index (χ0n) is 12.2. The van der Waals surface area contributed by atoms with Gasteiger partial charge >= 0.3 is 0 Å². The molecule has 3 nitrogen and oxygen atoms in total. The molecule has 0 amide bonds. The van der Waals surface area contributed by atoms with Gasteiger partial charge in [-0.1, -0.05) is 0 Å². The van der Waals surface area contributed by atoms with Gasteiger partial charge in [-0.3, -0.25) is 9.48 Å². The van der Waals surface area contributed by atoms with Crippen molar-refractivity contribution >= 4 is 6.21 Å². The number of aliphatic imine (C=N–C) groups is 1. The van der Waals surface area contributed by atoms with Gasteiger partial charge in [-0.25, -0.2) is 0 Å². The monoisotopic (exact) mass is 251 g/mol. The van der Waals surface area contributed by atoms with Gasteiger partial charge in [-0.05, 0) is 46.5 Å². The molecule has 2 aliphatic rings. The number of quaternary nitrogens is 1. The van der Waals surface area contributed by atoms with Crippen LogP contribution in [0.2, 0.25) is 0 Å². The average molecular weight is 251 g/mol. The van der Waals surface area contributed by atoms with Gasteiger partial charge in [-0.15, -0.1) is 0 Å². The van der Waals surface area contributed by atoms with Crippen LogP contribution in [0.3, 0.4) is 0 Å². The Bertz CT molecular complexity index is 339. The van der Waals surface area contributed by atoms with Crippen molar-refractivity contribution < 1.29 is 9.22 Å². The zero-order chi connectivity index (χ0) is 13.2. The molecule has 0 N–H and O–H groups in total. The molecule has 18 heavy (non-hydrogen) atoms. The number of rotatable bonds is 5. The van der Waals surface area contributed by atoms with Crippen LogP contribution >= 0.6 is 0 Å². The Morgan fingerprint density at radius 2 is 2.11 bits per heavy atom. The van der Waals surface area contributed by atoms with E-state index in [0.29, 0.717) is 6.10 Å². The molecule has 1 aliphatic carbocycles. The minimum absolute atomic E-state index is 0.190. The third-order valence-corrected chi connectivity index (χ3v) is 4.44. The molecule has 102 valence electrons. The van der Waals surface area contributed by atoms with Crippen LogP contribution in [-0.4, -0.2) is 42.0 Å².